The lowest BCUT2D eigenvalue weighted by atomic mass is 9.95. The molecule has 1 saturated carbocycles. The highest BCUT2D eigenvalue weighted by molar-refractivity contribution is 14.1. The van der Waals surface area contributed by atoms with Crippen LogP contribution in [-0.2, 0) is 0 Å². The Balaban J connectivity index is 2.35. The highest BCUT2D eigenvalue weighted by Crippen LogP contribution is 2.24. The molecule has 0 saturated heterocycles. The Morgan fingerprint density at radius 1 is 1.22 bits per heavy atom. The number of aliphatic hydroxyl groups excluding tert-OH is 2. The minimum atomic E-state index is -0.186. The summed E-state index contributed by atoms with van der Waals surface area (Å²) < 4.78 is 0.256. The predicted molar refractivity (Wildman–Crippen MR) is 43.7 cm³/mol. The second-order valence-corrected chi connectivity index (χ2v) is 4.15. The van der Waals surface area contributed by atoms with Gasteiger partial charge in [0, 0.05) is 3.92 Å². The van der Waals surface area contributed by atoms with Crippen LogP contribution < -0.4 is 0 Å². The van der Waals surface area contributed by atoms with Crippen LogP contribution in [0, 0.1) is 0 Å². The molecule has 0 aliphatic heterocycles. The minimum Gasteiger partial charge on any atom is -0.393 e. The van der Waals surface area contributed by atoms with E-state index in [2.05, 4.69) is 22.6 Å². The van der Waals surface area contributed by atoms with Crippen LogP contribution >= 0.6 is 22.6 Å². The van der Waals surface area contributed by atoms with Crippen molar-refractivity contribution in [3.63, 3.8) is 0 Å². The fraction of sp³-hybridized carbons (Fsp3) is 1.00. The Bertz CT molecular complexity index is 97.1. The van der Waals surface area contributed by atoms with Crippen LogP contribution in [0.15, 0.2) is 0 Å². The Hall–Kier alpha value is 0.650. The highest BCUT2D eigenvalue weighted by Gasteiger charge is 2.25. The van der Waals surface area contributed by atoms with Gasteiger partial charge in [0.2, 0.25) is 0 Å². The summed E-state index contributed by atoms with van der Waals surface area (Å²) in [6, 6.07) is 0. The van der Waals surface area contributed by atoms with Gasteiger partial charge in [-0.2, -0.15) is 0 Å². The van der Waals surface area contributed by atoms with Crippen molar-refractivity contribution in [2.75, 3.05) is 0 Å². The van der Waals surface area contributed by atoms with E-state index in [9.17, 15) is 5.11 Å². The van der Waals surface area contributed by atoms with E-state index in [0.29, 0.717) is 0 Å². The summed E-state index contributed by atoms with van der Waals surface area (Å²) in [6.07, 6.45) is 1.92. The maximum atomic E-state index is 9.18. The standard InChI is InChI=1S/C6H11IO2/c7-5-3-4(8)1-2-6(5)9/h4-6,8-9H,1-3H2. The maximum Gasteiger partial charge on any atom is 0.0659 e. The van der Waals surface area contributed by atoms with Gasteiger partial charge in [-0.05, 0) is 19.3 Å². The summed E-state index contributed by atoms with van der Waals surface area (Å²) >= 11 is 2.19. The van der Waals surface area contributed by atoms with Crippen molar-refractivity contribution < 1.29 is 10.2 Å². The number of rotatable bonds is 0. The van der Waals surface area contributed by atoms with Gasteiger partial charge in [-0.1, -0.05) is 22.6 Å². The van der Waals surface area contributed by atoms with E-state index in [1.807, 2.05) is 0 Å². The Labute approximate surface area is 68.4 Å². The third-order valence-electron chi connectivity index (χ3n) is 1.71. The van der Waals surface area contributed by atoms with Gasteiger partial charge in [0.1, 0.15) is 0 Å². The number of aliphatic hydroxyl groups is 2. The van der Waals surface area contributed by atoms with Gasteiger partial charge in [0.05, 0.1) is 12.2 Å². The highest BCUT2D eigenvalue weighted by atomic mass is 127. The first-order chi connectivity index (χ1) is 4.20. The van der Waals surface area contributed by atoms with Crippen LogP contribution in [0.4, 0.5) is 0 Å². The van der Waals surface area contributed by atoms with E-state index in [0.717, 1.165) is 19.3 Å². The van der Waals surface area contributed by atoms with Gasteiger partial charge in [0.25, 0.3) is 0 Å². The first-order valence-corrected chi connectivity index (χ1v) is 4.45. The molecular weight excluding hydrogens is 231 g/mol. The van der Waals surface area contributed by atoms with Crippen LogP contribution in [-0.4, -0.2) is 26.3 Å². The molecule has 1 fully saturated rings. The lowest BCUT2D eigenvalue weighted by Crippen LogP contribution is -2.31. The van der Waals surface area contributed by atoms with E-state index in [4.69, 9.17) is 5.11 Å². The maximum absolute atomic E-state index is 9.18. The van der Waals surface area contributed by atoms with Crippen LogP contribution in [0.3, 0.4) is 0 Å². The molecule has 1 aliphatic rings. The molecule has 2 N–H and O–H groups in total. The van der Waals surface area contributed by atoms with Crippen molar-refractivity contribution >= 4 is 22.6 Å². The zero-order chi connectivity index (χ0) is 6.85. The third-order valence-corrected chi connectivity index (χ3v) is 3.05. The first kappa shape index (κ1) is 7.75. The van der Waals surface area contributed by atoms with Gasteiger partial charge in [-0.25, -0.2) is 0 Å². The SMILES string of the molecule is OC1CCC(O)C(I)C1. The molecule has 3 atom stereocenters. The lowest BCUT2D eigenvalue weighted by Gasteiger charge is -2.26. The lowest BCUT2D eigenvalue weighted by molar-refractivity contribution is 0.0636. The van der Waals surface area contributed by atoms with E-state index in [-0.39, 0.29) is 16.1 Å². The van der Waals surface area contributed by atoms with E-state index < -0.39 is 0 Å². The van der Waals surface area contributed by atoms with E-state index >= 15 is 0 Å². The largest absolute Gasteiger partial charge is 0.393 e. The zero-order valence-electron chi connectivity index (χ0n) is 5.13. The first-order valence-electron chi connectivity index (χ1n) is 3.20. The molecule has 0 bridgehead atoms. The fourth-order valence-electron chi connectivity index (χ4n) is 1.08. The van der Waals surface area contributed by atoms with Gasteiger partial charge < -0.3 is 10.2 Å². The monoisotopic (exact) mass is 242 g/mol. The summed E-state index contributed by atoms with van der Waals surface area (Å²) in [4.78, 5) is 0. The van der Waals surface area contributed by atoms with Crippen LogP contribution in [0.2, 0.25) is 0 Å². The normalized spacial score (nSPS) is 45.0. The number of halogens is 1. The van der Waals surface area contributed by atoms with Gasteiger partial charge >= 0.3 is 0 Å². The van der Waals surface area contributed by atoms with Crippen molar-refractivity contribution in [1.82, 2.24) is 0 Å². The Morgan fingerprint density at radius 3 is 2.33 bits per heavy atom. The molecule has 3 heteroatoms. The second-order valence-electron chi connectivity index (χ2n) is 2.55. The van der Waals surface area contributed by atoms with Gasteiger partial charge in [-0.15, -0.1) is 0 Å². The third kappa shape index (κ3) is 2.05. The van der Waals surface area contributed by atoms with Crippen molar-refractivity contribution in [3.05, 3.63) is 0 Å². The van der Waals surface area contributed by atoms with E-state index in [1.165, 1.54) is 0 Å². The fourth-order valence-corrected chi connectivity index (χ4v) is 2.03. The second kappa shape index (κ2) is 3.16. The summed E-state index contributed by atoms with van der Waals surface area (Å²) in [5.41, 5.74) is 0. The molecule has 0 heterocycles. The molecule has 0 spiro atoms. The molecule has 2 nitrogen and oxygen atoms in total. The molecule has 0 aromatic rings. The van der Waals surface area contributed by atoms with Crippen LogP contribution in [0.5, 0.6) is 0 Å². The summed E-state index contributed by atoms with van der Waals surface area (Å²) in [5, 5.41) is 18.3. The van der Waals surface area contributed by atoms with Crippen LogP contribution in [0.25, 0.3) is 0 Å². The average Bonchev–Trinajstić information content (AvgIpc) is 1.80. The number of alkyl halides is 1. The molecule has 9 heavy (non-hydrogen) atoms. The van der Waals surface area contributed by atoms with Crippen molar-refractivity contribution in [1.29, 1.82) is 0 Å². The quantitative estimate of drug-likeness (QED) is 0.484. The van der Waals surface area contributed by atoms with Gasteiger partial charge in [0.15, 0.2) is 0 Å². The topological polar surface area (TPSA) is 40.5 Å². The predicted octanol–water partition coefficient (Wildman–Crippen LogP) is 0.696. The van der Waals surface area contributed by atoms with Gasteiger partial charge in [-0.3, -0.25) is 0 Å². The van der Waals surface area contributed by atoms with Crippen LogP contribution in [0.1, 0.15) is 19.3 Å². The molecule has 54 valence electrons. The van der Waals surface area contributed by atoms with Crippen molar-refractivity contribution in [2.45, 2.75) is 35.4 Å². The Morgan fingerprint density at radius 2 is 1.89 bits per heavy atom. The number of hydrogen-bond acceptors (Lipinski definition) is 2. The zero-order valence-corrected chi connectivity index (χ0v) is 7.28. The van der Waals surface area contributed by atoms with Crippen molar-refractivity contribution in [3.8, 4) is 0 Å². The average molecular weight is 242 g/mol. The molecule has 1 aliphatic carbocycles. The smallest absolute Gasteiger partial charge is 0.0659 e. The molecule has 1 rings (SSSR count). The molecule has 0 aromatic heterocycles. The summed E-state index contributed by atoms with van der Waals surface area (Å²) in [7, 11) is 0. The van der Waals surface area contributed by atoms with E-state index in [1.54, 1.807) is 0 Å². The van der Waals surface area contributed by atoms with Crippen molar-refractivity contribution in [2.24, 2.45) is 0 Å². The molecule has 0 amide bonds. The summed E-state index contributed by atoms with van der Waals surface area (Å²) in [6.45, 7) is 0. The number of hydrogen-bond donors (Lipinski definition) is 2. The molecule has 0 aromatic carbocycles. The Kier molecular flexibility index (Phi) is 2.73. The minimum absolute atomic E-state index is 0.171. The molecule has 0 radical (unpaired) electrons. The molecule has 3 unspecified atom stereocenters. The summed E-state index contributed by atoms with van der Waals surface area (Å²) in [5.74, 6) is 0. The molecular formula is C6H11IO2.